The van der Waals surface area contributed by atoms with E-state index >= 15 is 0 Å². The predicted octanol–water partition coefficient (Wildman–Crippen LogP) is -0.115. The van der Waals surface area contributed by atoms with Crippen LogP contribution in [0.1, 0.15) is 39.5 Å². The molecule has 1 spiro atoms. The first-order valence-corrected chi connectivity index (χ1v) is 7.66. The summed E-state index contributed by atoms with van der Waals surface area (Å²) in [6.07, 6.45) is 1.43. The van der Waals surface area contributed by atoms with Crippen LogP contribution in [0, 0.1) is 10.8 Å². The highest BCUT2D eigenvalue weighted by molar-refractivity contribution is 5.86. The predicted molar refractivity (Wildman–Crippen MR) is 77.4 cm³/mol. The van der Waals surface area contributed by atoms with Crippen molar-refractivity contribution in [2.75, 3.05) is 26.2 Å². The van der Waals surface area contributed by atoms with Crippen LogP contribution in [-0.2, 0) is 9.59 Å². The van der Waals surface area contributed by atoms with Crippen molar-refractivity contribution in [2.45, 2.75) is 45.6 Å². The summed E-state index contributed by atoms with van der Waals surface area (Å²) < 4.78 is 0. The minimum atomic E-state index is -0.852. The van der Waals surface area contributed by atoms with E-state index in [4.69, 9.17) is 0 Å². The van der Waals surface area contributed by atoms with Crippen LogP contribution in [-0.4, -0.2) is 59.3 Å². The highest BCUT2D eigenvalue weighted by Gasteiger charge is 2.50. The molecule has 0 saturated carbocycles. The van der Waals surface area contributed by atoms with Gasteiger partial charge in [0.15, 0.2) is 0 Å². The van der Waals surface area contributed by atoms with Gasteiger partial charge in [-0.05, 0) is 24.7 Å². The highest BCUT2D eigenvalue weighted by Crippen LogP contribution is 2.38. The molecule has 0 unspecified atom stereocenters. The standard InChI is InChI=1S/C15H26N2O4/c1-14(2,10-18)8-12(20)17-7-4-11(19)15(9-17)5-3-6-16-13(15)21/h11,18-19H,3-10H2,1-2H3,(H,16,21)/t11-,15-/m1/s1. The second kappa shape index (κ2) is 5.93. The fourth-order valence-corrected chi connectivity index (χ4v) is 3.23. The van der Waals surface area contributed by atoms with E-state index in [-0.39, 0.29) is 31.4 Å². The lowest BCUT2D eigenvalue weighted by Gasteiger charge is -2.47. The Hall–Kier alpha value is -1.14. The zero-order valence-electron chi connectivity index (χ0n) is 12.9. The number of amides is 2. The second-order valence-electron chi connectivity index (χ2n) is 7.13. The van der Waals surface area contributed by atoms with E-state index in [1.165, 1.54) is 0 Å². The molecule has 2 atom stereocenters. The zero-order chi connectivity index (χ0) is 15.7. The van der Waals surface area contributed by atoms with Crippen molar-refractivity contribution in [3.63, 3.8) is 0 Å². The van der Waals surface area contributed by atoms with Crippen molar-refractivity contribution in [1.29, 1.82) is 0 Å². The number of aliphatic hydroxyl groups is 2. The van der Waals surface area contributed by atoms with Gasteiger partial charge in [0.2, 0.25) is 11.8 Å². The van der Waals surface area contributed by atoms with Gasteiger partial charge in [0.25, 0.3) is 0 Å². The third kappa shape index (κ3) is 3.21. The molecule has 2 rings (SSSR count). The molecule has 2 amide bonds. The van der Waals surface area contributed by atoms with Crippen molar-refractivity contribution in [1.82, 2.24) is 10.2 Å². The van der Waals surface area contributed by atoms with Crippen molar-refractivity contribution in [3.8, 4) is 0 Å². The molecule has 6 nitrogen and oxygen atoms in total. The van der Waals surface area contributed by atoms with Crippen LogP contribution >= 0.6 is 0 Å². The van der Waals surface area contributed by atoms with E-state index in [9.17, 15) is 19.8 Å². The van der Waals surface area contributed by atoms with Gasteiger partial charge in [0, 0.05) is 32.7 Å². The van der Waals surface area contributed by atoms with Crippen LogP contribution in [0.3, 0.4) is 0 Å². The Morgan fingerprint density at radius 1 is 1.52 bits per heavy atom. The van der Waals surface area contributed by atoms with E-state index in [0.717, 1.165) is 6.42 Å². The fourth-order valence-electron chi connectivity index (χ4n) is 3.23. The van der Waals surface area contributed by atoms with Gasteiger partial charge in [-0.15, -0.1) is 0 Å². The number of hydrogen-bond acceptors (Lipinski definition) is 4. The Kier molecular flexibility index (Phi) is 4.58. The molecule has 0 aromatic carbocycles. The van der Waals surface area contributed by atoms with Gasteiger partial charge >= 0.3 is 0 Å². The molecule has 0 radical (unpaired) electrons. The molecule has 21 heavy (non-hydrogen) atoms. The van der Waals surface area contributed by atoms with Gasteiger partial charge in [0.1, 0.15) is 0 Å². The summed E-state index contributed by atoms with van der Waals surface area (Å²) in [6, 6.07) is 0. The van der Waals surface area contributed by atoms with Crippen molar-refractivity contribution < 1.29 is 19.8 Å². The number of carbonyl (C=O) groups excluding carboxylic acids is 2. The van der Waals surface area contributed by atoms with Crippen LogP contribution in [0.5, 0.6) is 0 Å². The van der Waals surface area contributed by atoms with Crippen LogP contribution in [0.2, 0.25) is 0 Å². The third-order valence-electron chi connectivity index (χ3n) is 4.73. The van der Waals surface area contributed by atoms with Gasteiger partial charge in [0.05, 0.1) is 11.5 Å². The molecule has 0 aromatic rings. The van der Waals surface area contributed by atoms with Gasteiger partial charge < -0.3 is 20.4 Å². The molecule has 2 aliphatic rings. The number of nitrogens with one attached hydrogen (secondary N) is 1. The number of aliphatic hydroxyl groups excluding tert-OH is 2. The Bertz CT molecular complexity index is 424. The Balaban J connectivity index is 2.10. The lowest BCUT2D eigenvalue weighted by atomic mass is 9.71. The molecule has 6 heteroatoms. The summed E-state index contributed by atoms with van der Waals surface area (Å²) in [5.74, 6) is -0.195. The molecule has 0 aromatic heterocycles. The van der Waals surface area contributed by atoms with E-state index < -0.39 is 16.9 Å². The minimum absolute atomic E-state index is 0.0547. The van der Waals surface area contributed by atoms with Gasteiger partial charge in [-0.3, -0.25) is 9.59 Å². The number of likely N-dealkylation sites (tertiary alicyclic amines) is 1. The average Bonchev–Trinajstić information content (AvgIpc) is 2.44. The topological polar surface area (TPSA) is 89.9 Å². The number of nitrogens with zero attached hydrogens (tertiary/aromatic N) is 1. The highest BCUT2D eigenvalue weighted by atomic mass is 16.3. The number of hydrogen-bond donors (Lipinski definition) is 3. The molecule has 2 saturated heterocycles. The summed E-state index contributed by atoms with van der Waals surface area (Å²) in [6.45, 7) is 5.01. The Morgan fingerprint density at radius 3 is 2.86 bits per heavy atom. The van der Waals surface area contributed by atoms with Crippen molar-refractivity contribution in [3.05, 3.63) is 0 Å². The molecule has 2 heterocycles. The van der Waals surface area contributed by atoms with E-state index in [2.05, 4.69) is 5.32 Å². The first kappa shape index (κ1) is 16.2. The Morgan fingerprint density at radius 2 is 2.24 bits per heavy atom. The second-order valence-corrected chi connectivity index (χ2v) is 7.13. The molecular formula is C15H26N2O4. The summed E-state index contributed by atoms with van der Waals surface area (Å²) in [4.78, 5) is 26.3. The summed E-state index contributed by atoms with van der Waals surface area (Å²) in [5, 5.41) is 22.4. The SMILES string of the molecule is CC(C)(CO)CC(=O)N1CC[C@@H](O)[C@@]2(CCCNC2=O)C1. The molecule has 2 fully saturated rings. The molecule has 2 aliphatic heterocycles. The van der Waals surface area contributed by atoms with Crippen LogP contribution in [0.4, 0.5) is 0 Å². The maximum absolute atomic E-state index is 12.4. The fraction of sp³-hybridized carbons (Fsp3) is 0.867. The van der Waals surface area contributed by atoms with Crippen LogP contribution in [0.25, 0.3) is 0 Å². The molecule has 0 aliphatic carbocycles. The van der Waals surface area contributed by atoms with Gasteiger partial charge in [-0.25, -0.2) is 0 Å². The molecular weight excluding hydrogens is 272 g/mol. The van der Waals surface area contributed by atoms with E-state index in [0.29, 0.717) is 25.9 Å². The number of rotatable bonds is 3. The van der Waals surface area contributed by atoms with Crippen molar-refractivity contribution in [2.24, 2.45) is 10.8 Å². The summed E-state index contributed by atoms with van der Waals surface area (Å²) in [5.41, 5.74) is -1.31. The zero-order valence-corrected chi connectivity index (χ0v) is 12.9. The van der Waals surface area contributed by atoms with Crippen molar-refractivity contribution >= 4 is 11.8 Å². The molecule has 0 bridgehead atoms. The van der Waals surface area contributed by atoms with Crippen LogP contribution in [0.15, 0.2) is 0 Å². The maximum atomic E-state index is 12.4. The first-order valence-electron chi connectivity index (χ1n) is 7.66. The quantitative estimate of drug-likeness (QED) is 0.678. The number of piperidine rings is 2. The molecule has 3 N–H and O–H groups in total. The maximum Gasteiger partial charge on any atom is 0.230 e. The van der Waals surface area contributed by atoms with E-state index in [1.54, 1.807) is 4.90 Å². The first-order chi connectivity index (χ1) is 9.81. The molecule has 120 valence electrons. The van der Waals surface area contributed by atoms with Gasteiger partial charge in [-0.2, -0.15) is 0 Å². The van der Waals surface area contributed by atoms with Crippen LogP contribution < -0.4 is 5.32 Å². The Labute approximate surface area is 125 Å². The third-order valence-corrected chi connectivity index (χ3v) is 4.73. The normalized spacial score (nSPS) is 30.4. The lowest BCUT2D eigenvalue weighted by Crippen LogP contribution is -2.62. The number of carbonyl (C=O) groups is 2. The average molecular weight is 298 g/mol. The monoisotopic (exact) mass is 298 g/mol. The summed E-state index contributed by atoms with van der Waals surface area (Å²) >= 11 is 0. The van der Waals surface area contributed by atoms with Gasteiger partial charge in [-0.1, -0.05) is 13.8 Å². The van der Waals surface area contributed by atoms with E-state index in [1.807, 2.05) is 13.8 Å². The smallest absolute Gasteiger partial charge is 0.230 e. The summed E-state index contributed by atoms with van der Waals surface area (Å²) in [7, 11) is 0. The minimum Gasteiger partial charge on any atom is -0.396 e. The largest absolute Gasteiger partial charge is 0.396 e. The lowest BCUT2D eigenvalue weighted by molar-refractivity contribution is -0.155.